The topological polar surface area (TPSA) is 12.0 Å². The lowest BCUT2D eigenvalue weighted by Crippen LogP contribution is -2.35. The van der Waals surface area contributed by atoms with Gasteiger partial charge in [-0.25, -0.2) is 0 Å². The van der Waals surface area contributed by atoms with Gasteiger partial charge in [0.1, 0.15) is 0 Å². The fourth-order valence-electron chi connectivity index (χ4n) is 1.97. The molecule has 0 radical (unpaired) electrons. The van der Waals surface area contributed by atoms with E-state index in [0.29, 0.717) is 11.3 Å². The summed E-state index contributed by atoms with van der Waals surface area (Å²) in [6.07, 6.45) is 0. The second kappa shape index (κ2) is 4.37. The van der Waals surface area contributed by atoms with Crippen LogP contribution >= 0.6 is 11.8 Å². The molecule has 2 unspecified atom stereocenters. The summed E-state index contributed by atoms with van der Waals surface area (Å²) in [6, 6.07) is 9.36. The van der Waals surface area contributed by atoms with Crippen LogP contribution in [0.1, 0.15) is 24.1 Å². The van der Waals surface area contributed by atoms with Crippen molar-refractivity contribution in [3.63, 3.8) is 0 Å². The molecule has 76 valence electrons. The number of aryl methyl sites for hydroxylation is 1. The van der Waals surface area contributed by atoms with E-state index in [2.05, 4.69) is 55.2 Å². The van der Waals surface area contributed by atoms with Crippen LogP contribution in [0, 0.1) is 6.92 Å². The van der Waals surface area contributed by atoms with Crippen LogP contribution in [0.4, 0.5) is 0 Å². The summed E-state index contributed by atoms with van der Waals surface area (Å²) in [5, 5.41) is 4.28. The van der Waals surface area contributed by atoms with E-state index < -0.39 is 0 Å². The molecule has 0 spiro atoms. The zero-order chi connectivity index (χ0) is 9.97. The van der Waals surface area contributed by atoms with Gasteiger partial charge in [0.2, 0.25) is 0 Å². The van der Waals surface area contributed by atoms with Crippen LogP contribution in [0.3, 0.4) is 0 Å². The van der Waals surface area contributed by atoms with Gasteiger partial charge in [-0.05, 0) is 12.5 Å². The van der Waals surface area contributed by atoms with Crippen LogP contribution in [0.2, 0.25) is 0 Å². The van der Waals surface area contributed by atoms with Crippen LogP contribution in [-0.2, 0) is 0 Å². The van der Waals surface area contributed by atoms with E-state index in [9.17, 15) is 0 Å². The van der Waals surface area contributed by atoms with Crippen molar-refractivity contribution in [2.75, 3.05) is 12.3 Å². The predicted molar refractivity (Wildman–Crippen MR) is 63.8 cm³/mol. The van der Waals surface area contributed by atoms with Crippen molar-refractivity contribution in [1.29, 1.82) is 0 Å². The standard InChI is InChI=1S/C12H17NS/c1-9-4-3-5-11(8-9)12-10(2)14-7-6-13-12/h3-5,8,10,12-13H,6-7H2,1-2H3. The van der Waals surface area contributed by atoms with Crippen molar-refractivity contribution in [3.05, 3.63) is 35.4 Å². The molecule has 1 fully saturated rings. The molecule has 1 aromatic carbocycles. The third-order valence-corrected chi connectivity index (χ3v) is 3.96. The summed E-state index contributed by atoms with van der Waals surface area (Å²) < 4.78 is 0. The molecule has 0 aliphatic carbocycles. The Morgan fingerprint density at radius 3 is 3.00 bits per heavy atom. The number of rotatable bonds is 1. The predicted octanol–water partition coefficient (Wildman–Crippen LogP) is 2.76. The van der Waals surface area contributed by atoms with Gasteiger partial charge in [0.25, 0.3) is 0 Å². The maximum absolute atomic E-state index is 3.59. The van der Waals surface area contributed by atoms with E-state index in [-0.39, 0.29) is 0 Å². The number of nitrogens with one attached hydrogen (secondary N) is 1. The fourth-order valence-corrected chi connectivity index (χ4v) is 3.03. The van der Waals surface area contributed by atoms with Gasteiger partial charge in [-0.3, -0.25) is 0 Å². The van der Waals surface area contributed by atoms with Crippen molar-refractivity contribution < 1.29 is 0 Å². The molecule has 2 heteroatoms. The zero-order valence-electron chi connectivity index (χ0n) is 8.79. The minimum atomic E-state index is 0.536. The molecule has 2 rings (SSSR count). The summed E-state index contributed by atoms with van der Waals surface area (Å²) in [5.74, 6) is 1.24. The molecule has 1 aromatic rings. The smallest absolute Gasteiger partial charge is 0.0438 e. The van der Waals surface area contributed by atoms with Gasteiger partial charge in [0.05, 0.1) is 0 Å². The Balaban J connectivity index is 2.20. The molecular formula is C12H17NS. The van der Waals surface area contributed by atoms with Gasteiger partial charge in [0, 0.05) is 23.6 Å². The molecule has 1 saturated heterocycles. The van der Waals surface area contributed by atoms with E-state index in [4.69, 9.17) is 0 Å². The first kappa shape index (κ1) is 10.1. The molecule has 1 aliphatic rings. The molecule has 1 nitrogen and oxygen atoms in total. The van der Waals surface area contributed by atoms with Gasteiger partial charge >= 0.3 is 0 Å². The highest BCUT2D eigenvalue weighted by molar-refractivity contribution is 8.00. The lowest BCUT2D eigenvalue weighted by atomic mass is 10.0. The Hall–Kier alpha value is -0.470. The Morgan fingerprint density at radius 1 is 1.43 bits per heavy atom. The monoisotopic (exact) mass is 207 g/mol. The summed E-state index contributed by atoms with van der Waals surface area (Å²) in [4.78, 5) is 0. The van der Waals surface area contributed by atoms with Crippen LogP contribution in [-0.4, -0.2) is 17.5 Å². The van der Waals surface area contributed by atoms with Gasteiger partial charge in [-0.2, -0.15) is 11.8 Å². The number of benzene rings is 1. The molecule has 0 saturated carbocycles. The van der Waals surface area contributed by atoms with E-state index in [1.807, 2.05) is 0 Å². The summed E-state index contributed by atoms with van der Waals surface area (Å²) in [5.41, 5.74) is 2.79. The van der Waals surface area contributed by atoms with Crippen molar-refractivity contribution in [2.45, 2.75) is 25.1 Å². The second-order valence-electron chi connectivity index (χ2n) is 3.92. The normalized spacial score (nSPS) is 27.6. The number of thioether (sulfide) groups is 1. The third-order valence-electron chi connectivity index (χ3n) is 2.72. The van der Waals surface area contributed by atoms with Crippen LogP contribution < -0.4 is 5.32 Å². The first-order chi connectivity index (χ1) is 6.77. The van der Waals surface area contributed by atoms with Gasteiger partial charge in [-0.1, -0.05) is 36.8 Å². The van der Waals surface area contributed by atoms with Crippen LogP contribution in [0.25, 0.3) is 0 Å². The Bertz CT molecular complexity index is 311. The quantitative estimate of drug-likeness (QED) is 0.760. The van der Waals surface area contributed by atoms with E-state index in [1.165, 1.54) is 16.9 Å². The highest BCUT2D eigenvalue weighted by atomic mass is 32.2. The highest BCUT2D eigenvalue weighted by Gasteiger charge is 2.22. The third kappa shape index (κ3) is 2.12. The molecule has 14 heavy (non-hydrogen) atoms. The van der Waals surface area contributed by atoms with Gasteiger partial charge < -0.3 is 5.32 Å². The average molecular weight is 207 g/mol. The number of hydrogen-bond acceptors (Lipinski definition) is 2. The summed E-state index contributed by atoms with van der Waals surface area (Å²) >= 11 is 2.06. The maximum atomic E-state index is 3.59. The van der Waals surface area contributed by atoms with Crippen molar-refractivity contribution in [1.82, 2.24) is 5.32 Å². The summed E-state index contributed by atoms with van der Waals surface area (Å²) in [7, 11) is 0. The maximum Gasteiger partial charge on any atom is 0.0438 e. The molecule has 1 aliphatic heterocycles. The lowest BCUT2D eigenvalue weighted by Gasteiger charge is -2.30. The molecule has 0 aromatic heterocycles. The van der Waals surface area contributed by atoms with Crippen molar-refractivity contribution >= 4 is 11.8 Å². The first-order valence-electron chi connectivity index (χ1n) is 5.19. The average Bonchev–Trinajstić information content (AvgIpc) is 2.18. The van der Waals surface area contributed by atoms with E-state index in [1.54, 1.807) is 0 Å². The lowest BCUT2D eigenvalue weighted by molar-refractivity contribution is 0.534. The Labute approximate surface area is 90.3 Å². The largest absolute Gasteiger partial charge is 0.308 e. The second-order valence-corrected chi connectivity index (χ2v) is 5.41. The van der Waals surface area contributed by atoms with Crippen molar-refractivity contribution in [3.8, 4) is 0 Å². The van der Waals surface area contributed by atoms with Gasteiger partial charge in [0.15, 0.2) is 0 Å². The molecule has 1 heterocycles. The van der Waals surface area contributed by atoms with Crippen LogP contribution in [0.15, 0.2) is 24.3 Å². The molecule has 2 atom stereocenters. The van der Waals surface area contributed by atoms with E-state index >= 15 is 0 Å². The summed E-state index contributed by atoms with van der Waals surface area (Å²) in [6.45, 7) is 5.60. The molecule has 0 bridgehead atoms. The fraction of sp³-hybridized carbons (Fsp3) is 0.500. The molecular weight excluding hydrogens is 190 g/mol. The minimum absolute atomic E-state index is 0.536. The Morgan fingerprint density at radius 2 is 2.29 bits per heavy atom. The first-order valence-corrected chi connectivity index (χ1v) is 6.24. The van der Waals surface area contributed by atoms with E-state index in [0.717, 1.165) is 6.54 Å². The van der Waals surface area contributed by atoms with Gasteiger partial charge in [-0.15, -0.1) is 0 Å². The number of hydrogen-bond donors (Lipinski definition) is 1. The minimum Gasteiger partial charge on any atom is -0.308 e. The van der Waals surface area contributed by atoms with Crippen molar-refractivity contribution in [2.24, 2.45) is 0 Å². The Kier molecular flexibility index (Phi) is 3.14. The SMILES string of the molecule is Cc1cccc(C2NCCSC2C)c1. The highest BCUT2D eigenvalue weighted by Crippen LogP contribution is 2.29. The zero-order valence-corrected chi connectivity index (χ0v) is 9.60. The molecule has 0 amide bonds. The van der Waals surface area contributed by atoms with Crippen LogP contribution in [0.5, 0.6) is 0 Å². The molecule has 1 N–H and O–H groups in total.